The zero-order valence-electron chi connectivity index (χ0n) is 18.8. The van der Waals surface area contributed by atoms with Gasteiger partial charge in [0.25, 0.3) is 0 Å². The number of thioether (sulfide) groups is 1. The van der Waals surface area contributed by atoms with Gasteiger partial charge in [-0.3, -0.25) is 14.3 Å². The zero-order chi connectivity index (χ0) is 23.2. The van der Waals surface area contributed by atoms with Crippen LogP contribution in [0.15, 0.2) is 72.1 Å². The number of ether oxygens (including phenoxy) is 1. The molecular formula is C25H25N5O2S. The van der Waals surface area contributed by atoms with Crippen molar-refractivity contribution in [1.29, 1.82) is 0 Å². The highest BCUT2D eigenvalue weighted by Crippen LogP contribution is 2.29. The van der Waals surface area contributed by atoms with Gasteiger partial charge in [0.05, 0.1) is 12.4 Å². The average molecular weight is 460 g/mol. The maximum absolute atomic E-state index is 12.7. The first-order valence-corrected chi connectivity index (χ1v) is 11.6. The van der Waals surface area contributed by atoms with Gasteiger partial charge in [-0.2, -0.15) is 0 Å². The number of carbonyl (C=O) groups excluding carboxylic acids is 1. The van der Waals surface area contributed by atoms with E-state index in [1.165, 1.54) is 11.8 Å². The van der Waals surface area contributed by atoms with Crippen LogP contribution in [0.3, 0.4) is 0 Å². The number of aryl methyl sites for hydroxylation is 2. The first-order valence-electron chi connectivity index (χ1n) is 10.6. The minimum Gasteiger partial charge on any atom is -0.494 e. The van der Waals surface area contributed by atoms with Crippen molar-refractivity contribution < 1.29 is 9.53 Å². The molecule has 0 fully saturated rings. The van der Waals surface area contributed by atoms with E-state index >= 15 is 0 Å². The van der Waals surface area contributed by atoms with Crippen LogP contribution in [0.2, 0.25) is 0 Å². The summed E-state index contributed by atoms with van der Waals surface area (Å²) in [6.45, 7) is 6.53. The number of amides is 1. The second-order valence-electron chi connectivity index (χ2n) is 7.47. The first kappa shape index (κ1) is 22.5. The van der Waals surface area contributed by atoms with Gasteiger partial charge < -0.3 is 10.1 Å². The smallest absolute Gasteiger partial charge is 0.234 e. The molecule has 0 saturated heterocycles. The van der Waals surface area contributed by atoms with Crippen LogP contribution in [-0.4, -0.2) is 38.0 Å². The van der Waals surface area contributed by atoms with E-state index < -0.39 is 0 Å². The van der Waals surface area contributed by atoms with Crippen molar-refractivity contribution in [3.05, 3.63) is 78.1 Å². The maximum Gasteiger partial charge on any atom is 0.234 e. The van der Waals surface area contributed by atoms with Crippen LogP contribution in [0.5, 0.6) is 5.75 Å². The monoisotopic (exact) mass is 459 g/mol. The Morgan fingerprint density at radius 1 is 1.09 bits per heavy atom. The molecule has 0 aliphatic heterocycles. The lowest BCUT2D eigenvalue weighted by molar-refractivity contribution is -0.113. The highest BCUT2D eigenvalue weighted by molar-refractivity contribution is 7.99. The van der Waals surface area contributed by atoms with Gasteiger partial charge in [0, 0.05) is 29.3 Å². The van der Waals surface area contributed by atoms with Gasteiger partial charge in [0.1, 0.15) is 5.75 Å². The molecule has 0 saturated carbocycles. The Hall–Kier alpha value is -3.65. The molecule has 2 aromatic heterocycles. The van der Waals surface area contributed by atoms with Gasteiger partial charge >= 0.3 is 0 Å². The molecule has 4 aromatic rings. The second kappa shape index (κ2) is 10.3. The minimum atomic E-state index is -0.0992. The molecule has 7 nitrogen and oxygen atoms in total. The Morgan fingerprint density at radius 2 is 1.91 bits per heavy atom. The molecule has 8 heteroatoms. The third-order valence-corrected chi connectivity index (χ3v) is 5.89. The van der Waals surface area contributed by atoms with Crippen molar-refractivity contribution in [2.75, 3.05) is 17.7 Å². The fourth-order valence-corrected chi connectivity index (χ4v) is 4.08. The number of nitrogens with one attached hydrogen (secondary N) is 1. The van der Waals surface area contributed by atoms with Gasteiger partial charge in [-0.1, -0.05) is 23.9 Å². The number of rotatable bonds is 8. The summed E-state index contributed by atoms with van der Waals surface area (Å²) < 4.78 is 7.50. The lowest BCUT2D eigenvalue weighted by Crippen LogP contribution is -2.15. The number of anilines is 1. The fourth-order valence-electron chi connectivity index (χ4n) is 3.32. The molecule has 0 aliphatic carbocycles. The standard InChI is InChI=1S/C25H25N5O2S/c1-4-32-21-11-9-20(10-12-21)30-24(19-6-5-13-26-15-19)28-29-25(30)33-16-23(31)27-22-14-17(2)7-8-18(22)3/h5-15H,4,16H2,1-3H3,(H,27,31). The molecule has 4 rings (SSSR count). The molecule has 168 valence electrons. The van der Waals surface area contributed by atoms with Gasteiger partial charge in [-0.15, -0.1) is 10.2 Å². The van der Waals surface area contributed by atoms with Crippen molar-refractivity contribution in [3.8, 4) is 22.8 Å². The number of hydrogen-bond donors (Lipinski definition) is 1. The summed E-state index contributed by atoms with van der Waals surface area (Å²) in [5.41, 5.74) is 4.66. The molecule has 0 bridgehead atoms. The van der Waals surface area contributed by atoms with E-state index in [9.17, 15) is 4.79 Å². The van der Waals surface area contributed by atoms with Crippen LogP contribution in [0.4, 0.5) is 5.69 Å². The number of pyridine rings is 1. The van der Waals surface area contributed by atoms with Gasteiger partial charge in [0.2, 0.25) is 5.91 Å². The van der Waals surface area contributed by atoms with Crippen LogP contribution in [0.1, 0.15) is 18.1 Å². The van der Waals surface area contributed by atoms with E-state index in [-0.39, 0.29) is 11.7 Å². The van der Waals surface area contributed by atoms with Gasteiger partial charge in [-0.05, 0) is 74.4 Å². The predicted octanol–water partition coefficient (Wildman–Crippen LogP) is 5.08. The summed E-state index contributed by atoms with van der Waals surface area (Å²) in [7, 11) is 0. The molecule has 33 heavy (non-hydrogen) atoms. The minimum absolute atomic E-state index is 0.0992. The molecule has 0 radical (unpaired) electrons. The Bertz CT molecular complexity index is 1240. The fraction of sp³-hybridized carbons (Fsp3) is 0.200. The third kappa shape index (κ3) is 5.40. The lowest BCUT2D eigenvalue weighted by Gasteiger charge is -2.12. The number of carbonyl (C=O) groups is 1. The number of benzene rings is 2. The largest absolute Gasteiger partial charge is 0.494 e. The van der Waals surface area contributed by atoms with Gasteiger partial charge in [0.15, 0.2) is 11.0 Å². The topological polar surface area (TPSA) is 81.9 Å². The van der Waals surface area contributed by atoms with E-state index in [2.05, 4.69) is 20.5 Å². The molecule has 0 spiro atoms. The summed E-state index contributed by atoms with van der Waals surface area (Å²) in [5.74, 6) is 1.55. The molecule has 1 amide bonds. The molecule has 0 atom stereocenters. The van der Waals surface area contributed by atoms with Crippen molar-refractivity contribution in [3.63, 3.8) is 0 Å². The Morgan fingerprint density at radius 3 is 2.64 bits per heavy atom. The highest BCUT2D eigenvalue weighted by atomic mass is 32.2. The van der Waals surface area contributed by atoms with Crippen LogP contribution in [0, 0.1) is 13.8 Å². The first-order chi connectivity index (χ1) is 16.0. The second-order valence-corrected chi connectivity index (χ2v) is 8.41. The summed E-state index contributed by atoms with van der Waals surface area (Å²) in [6, 6.07) is 17.5. The Balaban J connectivity index is 1.59. The SMILES string of the molecule is CCOc1ccc(-n2c(SCC(=O)Nc3cc(C)ccc3C)nnc2-c2cccnc2)cc1. The van der Waals surface area contributed by atoms with Crippen molar-refractivity contribution >= 4 is 23.4 Å². The number of hydrogen-bond acceptors (Lipinski definition) is 6. The Labute approximate surface area is 197 Å². The molecule has 2 heterocycles. The van der Waals surface area contributed by atoms with E-state index in [0.717, 1.165) is 33.8 Å². The average Bonchev–Trinajstić information content (AvgIpc) is 3.25. The van der Waals surface area contributed by atoms with E-state index in [0.29, 0.717) is 17.6 Å². The van der Waals surface area contributed by atoms with Crippen molar-refractivity contribution in [1.82, 2.24) is 19.7 Å². The summed E-state index contributed by atoms with van der Waals surface area (Å²) >= 11 is 1.33. The van der Waals surface area contributed by atoms with Crippen LogP contribution in [0.25, 0.3) is 17.1 Å². The van der Waals surface area contributed by atoms with Crippen molar-refractivity contribution in [2.24, 2.45) is 0 Å². The normalized spacial score (nSPS) is 10.8. The zero-order valence-corrected chi connectivity index (χ0v) is 19.6. The van der Waals surface area contributed by atoms with E-state index in [1.54, 1.807) is 12.4 Å². The maximum atomic E-state index is 12.7. The summed E-state index contributed by atoms with van der Waals surface area (Å²) in [5, 5.41) is 12.4. The lowest BCUT2D eigenvalue weighted by atomic mass is 10.1. The number of nitrogens with zero attached hydrogens (tertiary/aromatic N) is 4. The number of aromatic nitrogens is 4. The highest BCUT2D eigenvalue weighted by Gasteiger charge is 2.18. The molecular weight excluding hydrogens is 434 g/mol. The Kier molecular flexibility index (Phi) is 7.04. The van der Waals surface area contributed by atoms with E-state index in [4.69, 9.17) is 4.74 Å². The predicted molar refractivity (Wildman–Crippen MR) is 131 cm³/mol. The molecule has 0 unspecified atom stereocenters. The molecule has 1 N–H and O–H groups in total. The molecule has 2 aromatic carbocycles. The third-order valence-electron chi connectivity index (χ3n) is 4.96. The van der Waals surface area contributed by atoms with E-state index in [1.807, 2.05) is 79.9 Å². The van der Waals surface area contributed by atoms with Crippen LogP contribution >= 0.6 is 11.8 Å². The quantitative estimate of drug-likeness (QED) is 0.370. The summed E-state index contributed by atoms with van der Waals surface area (Å²) in [6.07, 6.45) is 3.46. The van der Waals surface area contributed by atoms with Gasteiger partial charge in [-0.25, -0.2) is 0 Å². The van der Waals surface area contributed by atoms with Crippen LogP contribution in [-0.2, 0) is 4.79 Å². The van der Waals surface area contributed by atoms with Crippen molar-refractivity contribution in [2.45, 2.75) is 25.9 Å². The summed E-state index contributed by atoms with van der Waals surface area (Å²) in [4.78, 5) is 16.9. The molecule has 0 aliphatic rings. The van der Waals surface area contributed by atoms with Crippen LogP contribution < -0.4 is 10.1 Å².